The number of rotatable bonds is 7. The quantitative estimate of drug-likeness (QED) is 0.770. The second kappa shape index (κ2) is 7.09. The van der Waals surface area contributed by atoms with Gasteiger partial charge in [0.15, 0.2) is 6.10 Å². The topological polar surface area (TPSA) is 66.8 Å². The number of carbonyl (C=O) groups is 1. The summed E-state index contributed by atoms with van der Waals surface area (Å²) >= 11 is 0. The predicted octanol–water partition coefficient (Wildman–Crippen LogP) is 3.31. The Hall–Kier alpha value is -2.33. The van der Waals surface area contributed by atoms with Gasteiger partial charge in [0.25, 0.3) is 0 Å². The highest BCUT2D eigenvalue weighted by atomic mass is 16.5. The minimum absolute atomic E-state index is 0.225. The van der Waals surface area contributed by atoms with E-state index >= 15 is 0 Å². The molecule has 0 spiro atoms. The first-order chi connectivity index (χ1) is 10.6. The van der Waals surface area contributed by atoms with Crippen molar-refractivity contribution in [3.63, 3.8) is 0 Å². The lowest BCUT2D eigenvalue weighted by Gasteiger charge is -2.16. The minimum atomic E-state index is -0.982. The van der Waals surface area contributed by atoms with Crippen molar-refractivity contribution in [2.45, 2.75) is 25.9 Å². The molecule has 2 aromatic carbocycles. The van der Waals surface area contributed by atoms with Gasteiger partial charge >= 0.3 is 5.97 Å². The Bertz CT molecular complexity index is 691. The summed E-state index contributed by atoms with van der Waals surface area (Å²) in [5.41, 5.74) is 1.59. The third kappa shape index (κ3) is 3.28. The van der Waals surface area contributed by atoms with E-state index in [-0.39, 0.29) is 12.2 Å². The summed E-state index contributed by atoms with van der Waals surface area (Å²) in [7, 11) is 0. The van der Waals surface area contributed by atoms with E-state index in [0.29, 0.717) is 13.0 Å². The second-order valence-electron chi connectivity index (χ2n) is 5.07. The SMILES string of the molecule is C=CCc1cc(CC(OCC)C(=O)O)c2ccccc2c1O. The summed E-state index contributed by atoms with van der Waals surface area (Å²) in [6.45, 7) is 5.81. The molecule has 1 unspecified atom stereocenters. The van der Waals surface area contributed by atoms with Gasteiger partial charge in [-0.05, 0) is 29.9 Å². The van der Waals surface area contributed by atoms with Crippen molar-refractivity contribution in [3.8, 4) is 5.75 Å². The van der Waals surface area contributed by atoms with E-state index in [0.717, 1.165) is 21.9 Å². The van der Waals surface area contributed by atoms with Crippen LogP contribution in [0.2, 0.25) is 0 Å². The first-order valence-corrected chi connectivity index (χ1v) is 7.26. The maximum Gasteiger partial charge on any atom is 0.333 e. The van der Waals surface area contributed by atoms with E-state index in [2.05, 4.69) is 6.58 Å². The highest BCUT2D eigenvalue weighted by Crippen LogP contribution is 2.33. The summed E-state index contributed by atoms with van der Waals surface area (Å²) in [6, 6.07) is 9.27. The number of hydrogen-bond donors (Lipinski definition) is 2. The molecule has 0 aliphatic heterocycles. The van der Waals surface area contributed by atoms with E-state index in [1.807, 2.05) is 30.3 Å². The van der Waals surface area contributed by atoms with Crippen molar-refractivity contribution in [2.24, 2.45) is 0 Å². The average molecular weight is 300 g/mol. The van der Waals surface area contributed by atoms with Gasteiger partial charge in [0.2, 0.25) is 0 Å². The van der Waals surface area contributed by atoms with Gasteiger partial charge in [-0.15, -0.1) is 6.58 Å². The van der Waals surface area contributed by atoms with Gasteiger partial charge in [-0.2, -0.15) is 0 Å². The lowest BCUT2D eigenvalue weighted by molar-refractivity contribution is -0.149. The summed E-state index contributed by atoms with van der Waals surface area (Å²) < 4.78 is 5.30. The fraction of sp³-hybridized carbons (Fsp3) is 0.278. The standard InChI is InChI=1S/C18H20O4/c1-3-7-12-10-13(11-16(18(20)21)22-4-2)14-8-5-6-9-15(14)17(12)19/h3,5-6,8-10,16,19H,1,4,7,11H2,2H3,(H,20,21). The molecule has 2 aromatic rings. The van der Waals surface area contributed by atoms with Crippen molar-refractivity contribution in [1.29, 1.82) is 0 Å². The highest BCUT2D eigenvalue weighted by molar-refractivity contribution is 5.92. The first kappa shape index (κ1) is 16.0. The maximum atomic E-state index is 11.3. The Kier molecular flexibility index (Phi) is 5.17. The van der Waals surface area contributed by atoms with E-state index in [4.69, 9.17) is 4.74 Å². The fourth-order valence-corrected chi connectivity index (χ4v) is 2.60. The third-order valence-electron chi connectivity index (χ3n) is 3.59. The van der Waals surface area contributed by atoms with Crippen LogP contribution in [0.5, 0.6) is 5.75 Å². The van der Waals surface area contributed by atoms with Crippen LogP contribution in [0.15, 0.2) is 43.0 Å². The number of fused-ring (bicyclic) bond motifs is 1. The maximum absolute atomic E-state index is 11.3. The number of aromatic hydroxyl groups is 1. The zero-order valence-electron chi connectivity index (χ0n) is 12.6. The molecular formula is C18H20O4. The van der Waals surface area contributed by atoms with Crippen LogP contribution in [0.3, 0.4) is 0 Å². The molecule has 2 rings (SSSR count). The van der Waals surface area contributed by atoms with Crippen LogP contribution in [0.25, 0.3) is 10.8 Å². The van der Waals surface area contributed by atoms with Crippen molar-refractivity contribution < 1.29 is 19.7 Å². The number of carboxylic acids is 1. The number of ether oxygens (including phenoxy) is 1. The normalized spacial score (nSPS) is 12.2. The molecule has 0 saturated heterocycles. The van der Waals surface area contributed by atoms with Crippen molar-refractivity contribution in [2.75, 3.05) is 6.61 Å². The largest absolute Gasteiger partial charge is 0.507 e. The van der Waals surface area contributed by atoms with Gasteiger partial charge < -0.3 is 14.9 Å². The second-order valence-corrected chi connectivity index (χ2v) is 5.07. The zero-order valence-corrected chi connectivity index (χ0v) is 12.6. The number of aliphatic carboxylic acids is 1. The molecule has 0 amide bonds. The summed E-state index contributed by atoms with van der Waals surface area (Å²) in [5.74, 6) is -0.758. The summed E-state index contributed by atoms with van der Waals surface area (Å²) in [6.07, 6.45) is 1.60. The van der Waals surface area contributed by atoms with Crippen LogP contribution >= 0.6 is 0 Å². The van der Waals surface area contributed by atoms with Gasteiger partial charge in [0.05, 0.1) is 0 Å². The minimum Gasteiger partial charge on any atom is -0.507 e. The molecule has 0 heterocycles. The summed E-state index contributed by atoms with van der Waals surface area (Å²) in [4.78, 5) is 11.3. The Balaban J connectivity index is 2.53. The Labute approximate surface area is 129 Å². The van der Waals surface area contributed by atoms with Gasteiger partial charge in [-0.1, -0.05) is 36.4 Å². The van der Waals surface area contributed by atoms with Gasteiger partial charge in [0.1, 0.15) is 5.75 Å². The molecule has 116 valence electrons. The van der Waals surface area contributed by atoms with E-state index in [9.17, 15) is 15.0 Å². The molecule has 22 heavy (non-hydrogen) atoms. The molecule has 0 saturated carbocycles. The van der Waals surface area contributed by atoms with Gasteiger partial charge in [0, 0.05) is 18.4 Å². The van der Waals surface area contributed by atoms with Crippen LogP contribution in [-0.2, 0) is 22.4 Å². The number of phenols is 1. The average Bonchev–Trinajstić information content (AvgIpc) is 2.51. The third-order valence-corrected chi connectivity index (χ3v) is 3.59. The molecule has 0 aliphatic carbocycles. The van der Waals surface area contributed by atoms with Crippen LogP contribution in [0.4, 0.5) is 0 Å². The lowest BCUT2D eigenvalue weighted by Crippen LogP contribution is -2.26. The van der Waals surface area contributed by atoms with E-state index in [1.54, 1.807) is 13.0 Å². The van der Waals surface area contributed by atoms with Crippen LogP contribution in [0.1, 0.15) is 18.1 Å². The monoisotopic (exact) mass is 300 g/mol. The van der Waals surface area contributed by atoms with Crippen molar-refractivity contribution >= 4 is 16.7 Å². The number of allylic oxidation sites excluding steroid dienone is 1. The number of carboxylic acid groups (broad SMARTS) is 1. The predicted molar refractivity (Wildman–Crippen MR) is 86.3 cm³/mol. The number of benzene rings is 2. The van der Waals surface area contributed by atoms with Crippen LogP contribution in [0, 0.1) is 0 Å². The number of hydrogen-bond acceptors (Lipinski definition) is 3. The highest BCUT2D eigenvalue weighted by Gasteiger charge is 2.20. The molecule has 0 bridgehead atoms. The zero-order chi connectivity index (χ0) is 16.1. The first-order valence-electron chi connectivity index (χ1n) is 7.26. The van der Waals surface area contributed by atoms with Crippen LogP contribution in [-0.4, -0.2) is 28.9 Å². The van der Waals surface area contributed by atoms with Gasteiger partial charge in [-0.3, -0.25) is 0 Å². The molecule has 2 N–H and O–H groups in total. The Morgan fingerprint density at radius 1 is 1.32 bits per heavy atom. The molecule has 0 aromatic heterocycles. The smallest absolute Gasteiger partial charge is 0.333 e. The van der Waals surface area contributed by atoms with Crippen molar-refractivity contribution in [1.82, 2.24) is 0 Å². The number of phenolic OH excluding ortho intramolecular Hbond substituents is 1. The van der Waals surface area contributed by atoms with Crippen molar-refractivity contribution in [3.05, 3.63) is 54.1 Å². The molecular weight excluding hydrogens is 280 g/mol. The molecule has 0 radical (unpaired) electrons. The van der Waals surface area contributed by atoms with E-state index in [1.165, 1.54) is 0 Å². The van der Waals surface area contributed by atoms with Gasteiger partial charge in [-0.25, -0.2) is 4.79 Å². The fourth-order valence-electron chi connectivity index (χ4n) is 2.60. The lowest BCUT2D eigenvalue weighted by atomic mass is 9.94. The molecule has 0 aliphatic rings. The molecule has 4 nitrogen and oxygen atoms in total. The molecule has 1 atom stereocenters. The summed E-state index contributed by atoms with van der Waals surface area (Å²) in [5, 5.41) is 21.2. The molecule has 0 fully saturated rings. The van der Waals surface area contributed by atoms with E-state index < -0.39 is 12.1 Å². The Morgan fingerprint density at radius 3 is 2.59 bits per heavy atom. The molecule has 4 heteroatoms. The Morgan fingerprint density at radius 2 is 2.00 bits per heavy atom. The van der Waals surface area contributed by atoms with Crippen LogP contribution < -0.4 is 0 Å².